The molecule has 74 valence electrons. The minimum Gasteiger partial charge on any atom is -0.400 e. The highest BCUT2D eigenvalue weighted by atomic mass is 28.4. The molecule has 1 atom stereocenters. The topological polar surface area (TPSA) is 33.0 Å². The highest BCUT2D eigenvalue weighted by Gasteiger charge is 2.30. The molecular weight excluding hydrogens is 178 g/mol. The van der Waals surface area contributed by atoms with Crippen LogP contribution in [0.1, 0.15) is 19.8 Å². The van der Waals surface area contributed by atoms with Crippen LogP contribution in [-0.2, 0) is 4.43 Å². The Labute approximate surface area is 82.3 Å². The Morgan fingerprint density at radius 1 is 1.54 bits per heavy atom. The fraction of sp³-hybridized carbons (Fsp3) is 0.700. The predicted octanol–water partition coefficient (Wildman–Crippen LogP) is 3.09. The van der Waals surface area contributed by atoms with E-state index in [-0.39, 0.29) is 0 Å². The summed E-state index contributed by atoms with van der Waals surface area (Å²) in [6.07, 6.45) is 3.38. The molecule has 0 aliphatic carbocycles. The molecule has 0 aromatic rings. The Kier molecular flexibility index (Phi) is 4.38. The SMILES string of the molecule is C=CCCC(C)(C#N)O[Si](C)(C)C. The van der Waals surface area contributed by atoms with E-state index >= 15 is 0 Å². The van der Waals surface area contributed by atoms with Crippen molar-refractivity contribution in [1.82, 2.24) is 0 Å². The van der Waals surface area contributed by atoms with Crippen molar-refractivity contribution in [3.8, 4) is 6.07 Å². The van der Waals surface area contributed by atoms with Gasteiger partial charge in [-0.15, -0.1) is 6.58 Å². The van der Waals surface area contributed by atoms with Gasteiger partial charge in [-0.2, -0.15) is 5.26 Å². The highest BCUT2D eigenvalue weighted by Crippen LogP contribution is 2.22. The maximum absolute atomic E-state index is 8.99. The van der Waals surface area contributed by atoms with Gasteiger partial charge in [0.15, 0.2) is 8.32 Å². The molecule has 0 saturated carbocycles. The fourth-order valence-electron chi connectivity index (χ4n) is 1.18. The zero-order valence-electron chi connectivity index (χ0n) is 9.05. The van der Waals surface area contributed by atoms with E-state index in [0.29, 0.717) is 0 Å². The Balaban J connectivity index is 4.30. The van der Waals surface area contributed by atoms with E-state index in [4.69, 9.17) is 9.69 Å². The lowest BCUT2D eigenvalue weighted by Gasteiger charge is -2.30. The molecular formula is C10H19NOSi. The molecule has 1 unspecified atom stereocenters. The van der Waals surface area contributed by atoms with Gasteiger partial charge in [0.05, 0.1) is 6.07 Å². The Bertz CT molecular complexity index is 214. The first-order valence-electron chi connectivity index (χ1n) is 4.55. The van der Waals surface area contributed by atoms with Crippen LogP contribution in [0.15, 0.2) is 12.7 Å². The molecule has 0 aromatic carbocycles. The van der Waals surface area contributed by atoms with Gasteiger partial charge in [-0.25, -0.2) is 0 Å². The van der Waals surface area contributed by atoms with Gasteiger partial charge in [-0.3, -0.25) is 0 Å². The largest absolute Gasteiger partial charge is 0.400 e. The van der Waals surface area contributed by atoms with E-state index in [9.17, 15) is 0 Å². The molecule has 3 heteroatoms. The first-order valence-corrected chi connectivity index (χ1v) is 7.96. The summed E-state index contributed by atoms with van der Waals surface area (Å²) >= 11 is 0. The van der Waals surface area contributed by atoms with Gasteiger partial charge in [-0.1, -0.05) is 6.08 Å². The van der Waals surface area contributed by atoms with Crippen LogP contribution < -0.4 is 0 Å². The van der Waals surface area contributed by atoms with Gasteiger partial charge in [0, 0.05) is 0 Å². The highest BCUT2D eigenvalue weighted by molar-refractivity contribution is 6.69. The lowest BCUT2D eigenvalue weighted by molar-refractivity contribution is 0.131. The van der Waals surface area contributed by atoms with Crippen LogP contribution in [0.3, 0.4) is 0 Å². The number of nitrogens with zero attached hydrogens (tertiary/aromatic N) is 1. The molecule has 13 heavy (non-hydrogen) atoms. The van der Waals surface area contributed by atoms with Crippen LogP contribution in [0, 0.1) is 11.3 Å². The molecule has 0 fully saturated rings. The minimum atomic E-state index is -1.62. The van der Waals surface area contributed by atoms with Crippen molar-refractivity contribution < 1.29 is 4.43 Å². The van der Waals surface area contributed by atoms with Crippen LogP contribution in [-0.4, -0.2) is 13.9 Å². The van der Waals surface area contributed by atoms with E-state index in [1.807, 2.05) is 13.0 Å². The van der Waals surface area contributed by atoms with Crippen molar-refractivity contribution in [2.24, 2.45) is 0 Å². The van der Waals surface area contributed by atoms with E-state index < -0.39 is 13.9 Å². The van der Waals surface area contributed by atoms with Crippen LogP contribution in [0.2, 0.25) is 19.6 Å². The van der Waals surface area contributed by atoms with Crippen LogP contribution in [0.5, 0.6) is 0 Å². The standard InChI is InChI=1S/C10H19NOSi/c1-6-7-8-10(2,9-11)12-13(3,4)5/h6H,1,7-8H2,2-5H3. The molecule has 2 nitrogen and oxygen atoms in total. The number of hydrogen-bond donors (Lipinski definition) is 0. The molecule has 0 spiro atoms. The first-order chi connectivity index (χ1) is 5.83. The van der Waals surface area contributed by atoms with E-state index in [2.05, 4.69) is 32.3 Å². The van der Waals surface area contributed by atoms with Gasteiger partial charge >= 0.3 is 0 Å². The molecule has 0 amide bonds. The molecule has 0 aliphatic heterocycles. The van der Waals surface area contributed by atoms with Crippen molar-refractivity contribution in [2.45, 2.75) is 45.0 Å². The third kappa shape index (κ3) is 5.62. The lowest BCUT2D eigenvalue weighted by atomic mass is 10.0. The van der Waals surface area contributed by atoms with Gasteiger partial charge < -0.3 is 4.43 Å². The Morgan fingerprint density at radius 3 is 2.38 bits per heavy atom. The average molecular weight is 197 g/mol. The zero-order chi connectivity index (χ0) is 10.5. The van der Waals surface area contributed by atoms with Crippen LogP contribution in [0.25, 0.3) is 0 Å². The van der Waals surface area contributed by atoms with Crippen molar-refractivity contribution in [3.63, 3.8) is 0 Å². The third-order valence-corrected chi connectivity index (χ3v) is 2.66. The zero-order valence-corrected chi connectivity index (χ0v) is 10.1. The average Bonchev–Trinajstić information content (AvgIpc) is 1.98. The molecule has 0 N–H and O–H groups in total. The van der Waals surface area contributed by atoms with E-state index in [1.54, 1.807) is 0 Å². The first kappa shape index (κ1) is 12.4. The molecule has 0 saturated heterocycles. The summed E-state index contributed by atoms with van der Waals surface area (Å²) in [6.45, 7) is 11.8. The smallest absolute Gasteiger partial charge is 0.185 e. The maximum Gasteiger partial charge on any atom is 0.185 e. The van der Waals surface area contributed by atoms with Gasteiger partial charge in [-0.05, 0) is 39.4 Å². The van der Waals surface area contributed by atoms with Crippen molar-refractivity contribution in [2.75, 3.05) is 0 Å². The number of nitriles is 1. The minimum absolute atomic E-state index is 0.626. The summed E-state index contributed by atoms with van der Waals surface area (Å²) < 4.78 is 5.81. The Morgan fingerprint density at radius 2 is 2.08 bits per heavy atom. The monoisotopic (exact) mass is 197 g/mol. The second-order valence-corrected chi connectivity index (χ2v) is 8.81. The van der Waals surface area contributed by atoms with Crippen molar-refractivity contribution in [1.29, 1.82) is 5.26 Å². The lowest BCUT2D eigenvalue weighted by Crippen LogP contribution is -2.39. The van der Waals surface area contributed by atoms with Crippen LogP contribution >= 0.6 is 0 Å². The summed E-state index contributed by atoms with van der Waals surface area (Å²) in [5.74, 6) is 0. The van der Waals surface area contributed by atoms with E-state index in [0.717, 1.165) is 12.8 Å². The molecule has 0 rings (SSSR count). The fourth-order valence-corrected chi connectivity index (χ4v) is 2.68. The van der Waals surface area contributed by atoms with Gasteiger partial charge in [0.25, 0.3) is 0 Å². The summed E-state index contributed by atoms with van der Waals surface area (Å²) in [6, 6.07) is 2.23. The molecule has 0 aromatic heterocycles. The molecule has 0 radical (unpaired) electrons. The van der Waals surface area contributed by atoms with Crippen LogP contribution in [0.4, 0.5) is 0 Å². The number of allylic oxidation sites excluding steroid dienone is 1. The number of rotatable bonds is 5. The van der Waals surface area contributed by atoms with E-state index in [1.165, 1.54) is 0 Å². The number of hydrogen-bond acceptors (Lipinski definition) is 2. The maximum atomic E-state index is 8.99. The summed E-state index contributed by atoms with van der Waals surface area (Å²) in [4.78, 5) is 0. The summed E-state index contributed by atoms with van der Waals surface area (Å²) in [5.41, 5.74) is -0.626. The third-order valence-electron chi connectivity index (χ3n) is 1.59. The normalized spacial score (nSPS) is 15.9. The molecule has 0 bridgehead atoms. The summed E-state index contributed by atoms with van der Waals surface area (Å²) in [5, 5.41) is 8.99. The van der Waals surface area contributed by atoms with Gasteiger partial charge in [0.2, 0.25) is 0 Å². The molecule has 0 aliphatic rings. The second-order valence-electron chi connectivity index (χ2n) is 4.38. The van der Waals surface area contributed by atoms with Gasteiger partial charge in [0.1, 0.15) is 5.60 Å². The quantitative estimate of drug-likeness (QED) is 0.501. The summed E-state index contributed by atoms with van der Waals surface area (Å²) in [7, 11) is -1.62. The van der Waals surface area contributed by atoms with Crippen molar-refractivity contribution in [3.05, 3.63) is 12.7 Å². The Hall–Kier alpha value is -0.593. The van der Waals surface area contributed by atoms with Crippen molar-refractivity contribution >= 4 is 8.32 Å². The predicted molar refractivity (Wildman–Crippen MR) is 57.9 cm³/mol. The second kappa shape index (κ2) is 4.59. The molecule has 0 heterocycles.